The molecule has 3 aromatic heterocycles. The molecule has 1 aromatic carbocycles. The van der Waals surface area contributed by atoms with Crippen LogP contribution in [0.25, 0.3) is 16.8 Å². The van der Waals surface area contributed by atoms with E-state index in [0.29, 0.717) is 53.5 Å². The predicted molar refractivity (Wildman–Crippen MR) is 145 cm³/mol. The fourth-order valence-corrected chi connectivity index (χ4v) is 4.87. The van der Waals surface area contributed by atoms with Crippen molar-refractivity contribution in [3.8, 4) is 17.3 Å². The molecule has 3 N–H and O–H groups in total. The molecule has 0 aliphatic carbocycles. The number of rotatable bonds is 7. The Morgan fingerprint density at radius 3 is 2.79 bits per heavy atom. The highest BCUT2D eigenvalue weighted by Crippen LogP contribution is 2.34. The molecule has 11 heteroatoms. The Bertz CT molecular complexity index is 1560. The maximum atomic E-state index is 12.8. The molecule has 39 heavy (non-hydrogen) atoms. The first-order valence-corrected chi connectivity index (χ1v) is 12.7. The van der Waals surface area contributed by atoms with Gasteiger partial charge in [0.2, 0.25) is 5.91 Å². The standard InChI is InChI=1S/C28H28N8O3/c1-39-14-9-23(37)35-12-2-3-21(17-35)27-34-24(25-26(30)32-11-13-36(25)27)19-4-6-20(7-5-19)28(38)33-22-15-18(16-29)8-10-31-22/h4-8,10-11,13,15,21H,2-3,9,12,14,17H2,1H3,(H2,30,32)(H,31,33,38). The van der Waals surface area contributed by atoms with E-state index < -0.39 is 0 Å². The summed E-state index contributed by atoms with van der Waals surface area (Å²) in [5, 5.41) is 11.8. The summed E-state index contributed by atoms with van der Waals surface area (Å²) in [4.78, 5) is 40.7. The minimum Gasteiger partial charge on any atom is -0.384 e. The number of fused-ring (bicyclic) bond motifs is 1. The average molecular weight is 525 g/mol. The predicted octanol–water partition coefficient (Wildman–Crippen LogP) is 3.24. The molecule has 1 unspecified atom stereocenters. The highest BCUT2D eigenvalue weighted by atomic mass is 16.5. The number of nitrogen functional groups attached to an aromatic ring is 1. The third-order valence-corrected chi connectivity index (χ3v) is 6.82. The number of nitrogens with one attached hydrogen (secondary N) is 1. The van der Waals surface area contributed by atoms with Crippen LogP contribution in [0.4, 0.5) is 11.6 Å². The molecule has 1 aliphatic rings. The van der Waals surface area contributed by atoms with E-state index in [9.17, 15) is 9.59 Å². The van der Waals surface area contributed by atoms with E-state index in [-0.39, 0.29) is 17.7 Å². The summed E-state index contributed by atoms with van der Waals surface area (Å²) in [5.41, 5.74) is 9.27. The van der Waals surface area contributed by atoms with Crippen molar-refractivity contribution in [2.24, 2.45) is 0 Å². The monoisotopic (exact) mass is 524 g/mol. The minimum atomic E-state index is -0.346. The zero-order valence-corrected chi connectivity index (χ0v) is 21.5. The van der Waals surface area contributed by atoms with E-state index in [1.54, 1.807) is 31.5 Å². The second-order valence-corrected chi connectivity index (χ2v) is 9.34. The molecule has 0 saturated carbocycles. The van der Waals surface area contributed by atoms with Gasteiger partial charge in [0.15, 0.2) is 0 Å². The summed E-state index contributed by atoms with van der Waals surface area (Å²) >= 11 is 0. The van der Waals surface area contributed by atoms with Crippen molar-refractivity contribution in [1.82, 2.24) is 24.3 Å². The number of nitrogens with zero attached hydrogens (tertiary/aromatic N) is 6. The number of anilines is 2. The second kappa shape index (κ2) is 11.3. The number of carbonyl (C=O) groups excluding carboxylic acids is 2. The van der Waals surface area contributed by atoms with Gasteiger partial charge < -0.3 is 20.7 Å². The molecule has 1 fully saturated rings. The molecule has 198 valence electrons. The lowest BCUT2D eigenvalue weighted by Crippen LogP contribution is -2.39. The van der Waals surface area contributed by atoms with Crippen LogP contribution in [0.5, 0.6) is 0 Å². The van der Waals surface area contributed by atoms with Gasteiger partial charge in [0.1, 0.15) is 28.7 Å². The molecule has 11 nitrogen and oxygen atoms in total. The van der Waals surface area contributed by atoms with E-state index in [4.69, 9.17) is 20.7 Å². The molecule has 1 saturated heterocycles. The molecular weight excluding hydrogens is 496 g/mol. The van der Waals surface area contributed by atoms with Gasteiger partial charge in [-0.2, -0.15) is 5.26 Å². The van der Waals surface area contributed by atoms with Gasteiger partial charge in [-0.25, -0.2) is 15.0 Å². The van der Waals surface area contributed by atoms with Gasteiger partial charge in [-0.15, -0.1) is 0 Å². The number of aromatic nitrogens is 4. The third-order valence-electron chi connectivity index (χ3n) is 6.82. The normalized spacial score (nSPS) is 15.2. The van der Waals surface area contributed by atoms with Crippen molar-refractivity contribution in [2.45, 2.75) is 25.2 Å². The van der Waals surface area contributed by atoms with Crippen molar-refractivity contribution >= 4 is 29.0 Å². The number of nitrogens with two attached hydrogens (primary N) is 1. The molecular formula is C28H28N8O3. The van der Waals surface area contributed by atoms with Gasteiger partial charge in [0, 0.05) is 55.8 Å². The van der Waals surface area contributed by atoms with E-state index in [1.165, 1.54) is 12.3 Å². The van der Waals surface area contributed by atoms with Crippen molar-refractivity contribution in [3.05, 3.63) is 71.9 Å². The SMILES string of the molecule is COCCC(=O)N1CCCC(c2nc(-c3ccc(C(=O)Nc4cc(C#N)ccn4)cc3)c3c(N)nccn23)C1. The van der Waals surface area contributed by atoms with Crippen molar-refractivity contribution in [3.63, 3.8) is 0 Å². The first kappa shape index (κ1) is 25.8. The number of benzene rings is 1. The number of carbonyl (C=O) groups is 2. The summed E-state index contributed by atoms with van der Waals surface area (Å²) < 4.78 is 7.03. The summed E-state index contributed by atoms with van der Waals surface area (Å²) in [6.45, 7) is 1.69. The largest absolute Gasteiger partial charge is 0.384 e. The van der Waals surface area contributed by atoms with Gasteiger partial charge in [-0.05, 0) is 37.1 Å². The number of ether oxygens (including phenoxy) is 1. The van der Waals surface area contributed by atoms with Crippen LogP contribution in [0.3, 0.4) is 0 Å². The zero-order chi connectivity index (χ0) is 27.4. The smallest absolute Gasteiger partial charge is 0.256 e. The fourth-order valence-electron chi connectivity index (χ4n) is 4.87. The third kappa shape index (κ3) is 5.42. The Labute approximate surface area is 225 Å². The number of hydrogen-bond acceptors (Lipinski definition) is 8. The van der Waals surface area contributed by atoms with Gasteiger partial charge in [-0.1, -0.05) is 12.1 Å². The zero-order valence-electron chi connectivity index (χ0n) is 21.5. The van der Waals surface area contributed by atoms with Gasteiger partial charge in [0.05, 0.1) is 24.7 Å². The van der Waals surface area contributed by atoms with Gasteiger partial charge in [0.25, 0.3) is 5.91 Å². The minimum absolute atomic E-state index is 0.0371. The molecule has 0 spiro atoms. The Balaban J connectivity index is 1.42. The van der Waals surface area contributed by atoms with Crippen LogP contribution in [0.1, 0.15) is 46.9 Å². The van der Waals surface area contributed by atoms with Crippen LogP contribution < -0.4 is 11.1 Å². The maximum Gasteiger partial charge on any atom is 0.256 e. The first-order chi connectivity index (χ1) is 19.0. The van der Waals surface area contributed by atoms with Crippen LogP contribution in [-0.2, 0) is 9.53 Å². The molecule has 4 heterocycles. The van der Waals surface area contributed by atoms with E-state index in [1.807, 2.05) is 33.7 Å². The van der Waals surface area contributed by atoms with Crippen LogP contribution in [0, 0.1) is 11.3 Å². The van der Waals surface area contributed by atoms with Crippen molar-refractivity contribution < 1.29 is 14.3 Å². The molecule has 5 rings (SSSR count). The lowest BCUT2D eigenvalue weighted by molar-refractivity contribution is -0.133. The van der Waals surface area contributed by atoms with Crippen LogP contribution in [0.2, 0.25) is 0 Å². The molecule has 0 bridgehead atoms. The number of methoxy groups -OCH3 is 1. The van der Waals surface area contributed by atoms with Crippen molar-refractivity contribution in [1.29, 1.82) is 5.26 Å². The average Bonchev–Trinajstić information content (AvgIpc) is 3.37. The van der Waals surface area contributed by atoms with Crippen LogP contribution in [-0.4, -0.2) is 62.9 Å². The lowest BCUT2D eigenvalue weighted by atomic mass is 9.97. The maximum absolute atomic E-state index is 12.8. The van der Waals surface area contributed by atoms with Gasteiger partial charge in [-0.3, -0.25) is 14.0 Å². The summed E-state index contributed by atoms with van der Waals surface area (Å²) in [5.74, 6) is 1.24. The number of amides is 2. The molecule has 0 radical (unpaired) electrons. The number of imidazole rings is 1. The number of piperidine rings is 1. The Hall–Kier alpha value is -4.82. The summed E-state index contributed by atoms with van der Waals surface area (Å²) in [7, 11) is 1.59. The van der Waals surface area contributed by atoms with Crippen molar-refractivity contribution in [2.75, 3.05) is 37.9 Å². The van der Waals surface area contributed by atoms with E-state index in [0.717, 1.165) is 30.8 Å². The molecule has 1 aliphatic heterocycles. The van der Waals surface area contributed by atoms with E-state index >= 15 is 0 Å². The summed E-state index contributed by atoms with van der Waals surface area (Å²) in [6.07, 6.45) is 7.09. The van der Waals surface area contributed by atoms with Crippen LogP contribution >= 0.6 is 0 Å². The number of pyridine rings is 1. The van der Waals surface area contributed by atoms with E-state index in [2.05, 4.69) is 15.3 Å². The Kier molecular flexibility index (Phi) is 7.47. The summed E-state index contributed by atoms with van der Waals surface area (Å²) in [6, 6.07) is 12.1. The Morgan fingerprint density at radius 1 is 1.21 bits per heavy atom. The number of nitriles is 1. The number of likely N-dealkylation sites (tertiary alicyclic amines) is 1. The first-order valence-electron chi connectivity index (χ1n) is 12.7. The fraction of sp³-hybridized carbons (Fsp3) is 0.286. The van der Waals surface area contributed by atoms with Crippen LogP contribution in [0.15, 0.2) is 55.0 Å². The topological polar surface area (TPSA) is 152 Å². The molecule has 1 atom stereocenters. The second-order valence-electron chi connectivity index (χ2n) is 9.34. The quantitative estimate of drug-likeness (QED) is 0.374. The van der Waals surface area contributed by atoms with Gasteiger partial charge >= 0.3 is 0 Å². The molecule has 2 amide bonds. The highest BCUT2D eigenvalue weighted by Gasteiger charge is 2.29. The lowest BCUT2D eigenvalue weighted by Gasteiger charge is -2.32. The highest BCUT2D eigenvalue weighted by molar-refractivity contribution is 6.04. The Morgan fingerprint density at radius 2 is 2.03 bits per heavy atom. The number of hydrogen-bond donors (Lipinski definition) is 2. The molecule has 4 aromatic rings.